The molecule has 2 aliphatic heterocycles. The van der Waals surface area contributed by atoms with E-state index in [4.69, 9.17) is 30.9 Å². The van der Waals surface area contributed by atoms with Gasteiger partial charge in [0.15, 0.2) is 0 Å². The summed E-state index contributed by atoms with van der Waals surface area (Å²) in [4.78, 5) is 113. The van der Waals surface area contributed by atoms with Gasteiger partial charge in [-0.05, 0) is 199 Å². The van der Waals surface area contributed by atoms with E-state index in [9.17, 15) is 47.1 Å². The molecule has 4 heterocycles. The van der Waals surface area contributed by atoms with Gasteiger partial charge in [-0.15, -0.1) is 12.4 Å². The molecule has 2 aliphatic rings. The van der Waals surface area contributed by atoms with Crippen LogP contribution in [0.1, 0.15) is 186 Å². The predicted molar refractivity (Wildman–Crippen MR) is 366 cm³/mol. The van der Waals surface area contributed by atoms with Crippen molar-refractivity contribution >= 4 is 106 Å². The number of unbranched alkanes of at least 4 members (excludes halogenated alkanes) is 6. The average Bonchev–Trinajstić information content (AvgIpc) is 1.64. The average molecular weight is 1360 g/mol. The molecule has 0 radical (unpaired) electrons. The van der Waals surface area contributed by atoms with E-state index < -0.39 is 52.2 Å². The summed E-state index contributed by atoms with van der Waals surface area (Å²) < 4.78 is 43.5. The molecule has 7 N–H and O–H groups in total. The number of fused-ring (bicyclic) bond motifs is 2. The maximum Gasteiger partial charge on any atom is 0.416 e. The number of aliphatic hydroxyl groups excluding tert-OH is 1. The molecule has 520 valence electrons. The molecule has 0 unspecified atom stereocenters. The SMILES string of the molecule is CC(C)(C)OC(=O)NCCCCCCO.CCN(CC)CCN(C(=O)Cl)C(=O)c1c(C)[nH]c(/C=C2\C(=O)Nc3ccc(F)cc32)c1C.CCN(CC)CCN(C(=O)OCCCCCCNC(=O)OC(C)(C)C)C(=O)c1c(C)[nH]c(/C=C2\C(=O)Nc3ccc(F)cc32)c1C.Cl. The van der Waals surface area contributed by atoms with Crippen LogP contribution in [0.5, 0.6) is 0 Å². The number of nitrogens with one attached hydrogen (secondary N) is 6. The topological polar surface area (TPSA) is 277 Å². The number of rotatable bonds is 27. The summed E-state index contributed by atoms with van der Waals surface area (Å²) in [5.74, 6) is -2.65. The molecule has 8 amide bonds. The number of benzene rings is 2. The zero-order valence-electron chi connectivity index (χ0n) is 57.0. The van der Waals surface area contributed by atoms with Gasteiger partial charge in [-0.1, -0.05) is 47.0 Å². The molecular formula is C68H98Cl2F2N10O12. The third kappa shape index (κ3) is 24.9. The Bertz CT molecular complexity index is 3310. The maximum atomic E-state index is 14.0. The van der Waals surface area contributed by atoms with Crippen molar-refractivity contribution in [1.29, 1.82) is 0 Å². The number of carbonyl (C=O) groups is 8. The Labute approximate surface area is 563 Å². The first-order chi connectivity index (χ1) is 43.9. The van der Waals surface area contributed by atoms with Crippen LogP contribution in [-0.4, -0.2) is 172 Å². The molecule has 0 fully saturated rings. The highest BCUT2D eigenvalue weighted by Crippen LogP contribution is 2.36. The zero-order valence-corrected chi connectivity index (χ0v) is 58.6. The van der Waals surface area contributed by atoms with Crippen LogP contribution in [0.4, 0.5) is 39.3 Å². The molecule has 4 aromatic rings. The lowest BCUT2D eigenvalue weighted by molar-refractivity contribution is -0.111. The van der Waals surface area contributed by atoms with Crippen molar-refractivity contribution in [3.8, 4) is 0 Å². The Morgan fingerprint density at radius 2 is 0.957 bits per heavy atom. The highest BCUT2D eigenvalue weighted by atomic mass is 35.5. The number of aryl methyl sites for hydroxylation is 2. The number of likely N-dealkylation sites (N-methyl/N-ethyl adjacent to an activating group) is 2. The Morgan fingerprint density at radius 1 is 0.574 bits per heavy atom. The molecule has 26 heteroatoms. The van der Waals surface area contributed by atoms with E-state index in [1.54, 1.807) is 39.8 Å². The van der Waals surface area contributed by atoms with Crippen molar-refractivity contribution in [2.24, 2.45) is 0 Å². The lowest BCUT2D eigenvalue weighted by atomic mass is 10.0. The number of nitrogens with zero attached hydrogens (tertiary/aromatic N) is 4. The number of hydrogen-bond donors (Lipinski definition) is 7. The summed E-state index contributed by atoms with van der Waals surface area (Å²) in [7, 11) is 0. The van der Waals surface area contributed by atoms with Gasteiger partial charge in [-0.2, -0.15) is 0 Å². The molecule has 2 aromatic carbocycles. The second kappa shape index (κ2) is 38.7. The molecule has 0 saturated carbocycles. The smallest absolute Gasteiger partial charge is 0.416 e. The van der Waals surface area contributed by atoms with E-state index in [-0.39, 0.29) is 67.8 Å². The summed E-state index contributed by atoms with van der Waals surface area (Å²) in [6, 6.07) is 8.15. The van der Waals surface area contributed by atoms with Crippen LogP contribution in [-0.2, 0) is 23.8 Å². The van der Waals surface area contributed by atoms with Crippen LogP contribution >= 0.6 is 24.0 Å². The van der Waals surface area contributed by atoms with Gasteiger partial charge in [0.1, 0.15) is 22.8 Å². The molecule has 0 atom stereocenters. The number of H-pyrrole nitrogens is 2. The number of carbonyl (C=O) groups excluding carboxylic acids is 8. The quantitative estimate of drug-likeness (QED) is 0.00962. The Morgan fingerprint density at radius 3 is 1.34 bits per heavy atom. The van der Waals surface area contributed by atoms with Crippen LogP contribution in [0.3, 0.4) is 0 Å². The van der Waals surface area contributed by atoms with Gasteiger partial charge in [0, 0.05) is 91.2 Å². The highest BCUT2D eigenvalue weighted by Gasteiger charge is 2.32. The number of anilines is 2. The molecule has 94 heavy (non-hydrogen) atoms. The fourth-order valence-corrected chi connectivity index (χ4v) is 10.3. The Hall–Kier alpha value is -7.64. The van der Waals surface area contributed by atoms with E-state index in [1.165, 1.54) is 36.4 Å². The Balaban J connectivity index is 0.000000414. The van der Waals surface area contributed by atoms with Crippen LogP contribution in [0, 0.1) is 39.3 Å². The minimum absolute atomic E-state index is 0. The highest BCUT2D eigenvalue weighted by molar-refractivity contribution is 6.64. The molecule has 0 bridgehead atoms. The first kappa shape index (κ1) is 80.6. The molecule has 6 rings (SSSR count). The first-order valence-corrected chi connectivity index (χ1v) is 32.3. The summed E-state index contributed by atoms with van der Waals surface area (Å²) in [5.41, 5.74) is 5.41. The molecule has 22 nitrogen and oxygen atoms in total. The monoisotopic (exact) mass is 1350 g/mol. The largest absolute Gasteiger partial charge is 0.449 e. The van der Waals surface area contributed by atoms with Gasteiger partial charge in [0.2, 0.25) is 0 Å². The third-order valence-corrected chi connectivity index (χ3v) is 15.4. The summed E-state index contributed by atoms with van der Waals surface area (Å²) in [5, 5.41) is 18.6. The van der Waals surface area contributed by atoms with Gasteiger partial charge in [0.25, 0.3) is 23.6 Å². The number of ether oxygens (including phenoxy) is 3. The van der Waals surface area contributed by atoms with Crippen molar-refractivity contribution < 1.29 is 66.5 Å². The lowest BCUT2D eigenvalue weighted by Crippen LogP contribution is -2.43. The van der Waals surface area contributed by atoms with Crippen LogP contribution in [0.25, 0.3) is 23.3 Å². The third-order valence-electron chi connectivity index (χ3n) is 15.2. The van der Waals surface area contributed by atoms with Crippen LogP contribution < -0.4 is 21.3 Å². The fourth-order valence-electron chi connectivity index (χ4n) is 10.2. The Kier molecular flexibility index (Phi) is 33.1. The zero-order chi connectivity index (χ0) is 69.3. The molecule has 0 saturated heterocycles. The van der Waals surface area contributed by atoms with Crippen LogP contribution in [0.2, 0.25) is 0 Å². The number of aromatic amines is 2. The summed E-state index contributed by atoms with van der Waals surface area (Å²) in [6.45, 7) is 31.9. The standard InChI is InChI=1S/C34H48FN5O6.C23H26ClFN4O3.C11H23NO3.ClH/c1-8-39(9-2)17-18-40(33(44)45-19-13-11-10-12-16-36-32(43)46-34(5,6)7)31(42)29-22(3)28(37-23(29)4)21-26-25-20-24(35)14-15-27(25)38-30(26)41;1-5-28(6-2)9-10-29(23(24)32)22(31)20-13(3)19(26-14(20)4)12-17-16-11-15(25)7-8-18(16)27-21(17)30;1-11(2,3)15-10(14)12-8-6-4-5-7-9-13;/h14-15,20-21,37H,8-13,16-19H2,1-7H3,(H,36,43)(H,38,41);7-8,11-12,26H,5-6,9-10H2,1-4H3,(H,27,30);13H,4-9H2,1-3H3,(H,12,14);1H/b26-21-;17-12-;;. The molecule has 0 aliphatic carbocycles. The van der Waals surface area contributed by atoms with E-state index >= 15 is 0 Å². The number of aliphatic hydroxyl groups is 1. The minimum atomic E-state index is -0.846. The maximum absolute atomic E-state index is 14.0. The van der Waals surface area contributed by atoms with Gasteiger partial charge in [-0.3, -0.25) is 28.9 Å². The molecular weight excluding hydrogens is 1260 g/mol. The predicted octanol–water partition coefficient (Wildman–Crippen LogP) is 13.2. The minimum Gasteiger partial charge on any atom is -0.449 e. The fraction of sp³-hybridized carbons (Fsp3) is 0.529. The van der Waals surface area contributed by atoms with Gasteiger partial charge < -0.3 is 60.4 Å². The number of hydrogen-bond acceptors (Lipinski definition) is 14. The number of amides is 8. The van der Waals surface area contributed by atoms with E-state index in [0.29, 0.717) is 100 Å². The van der Waals surface area contributed by atoms with Crippen molar-refractivity contribution in [3.05, 3.63) is 104 Å². The second-order valence-corrected chi connectivity index (χ2v) is 24.8. The first-order valence-electron chi connectivity index (χ1n) is 31.9. The van der Waals surface area contributed by atoms with E-state index in [2.05, 4.69) is 41.0 Å². The van der Waals surface area contributed by atoms with Gasteiger partial charge >= 0.3 is 23.6 Å². The molecule has 2 aromatic heterocycles. The number of imide groups is 2. The number of halogens is 4. The number of aromatic nitrogens is 2. The van der Waals surface area contributed by atoms with Gasteiger partial charge in [-0.25, -0.2) is 28.1 Å². The van der Waals surface area contributed by atoms with Crippen LogP contribution in [0.15, 0.2) is 36.4 Å². The van der Waals surface area contributed by atoms with Crippen molar-refractivity contribution in [2.45, 2.75) is 160 Å². The van der Waals surface area contributed by atoms with E-state index in [0.717, 1.165) is 80.9 Å². The summed E-state index contributed by atoms with van der Waals surface area (Å²) >= 11 is 5.73. The van der Waals surface area contributed by atoms with Crippen molar-refractivity contribution in [3.63, 3.8) is 0 Å². The lowest BCUT2D eigenvalue weighted by Gasteiger charge is -2.25. The van der Waals surface area contributed by atoms with E-state index in [1.807, 2.05) is 69.2 Å². The number of alkyl carbamates (subject to hydrolysis) is 2. The van der Waals surface area contributed by atoms with Gasteiger partial charge in [0.05, 0.1) is 28.9 Å². The molecule has 0 spiro atoms. The second-order valence-electron chi connectivity index (χ2n) is 24.5. The van der Waals surface area contributed by atoms with Crippen molar-refractivity contribution in [1.82, 2.24) is 40.2 Å². The van der Waals surface area contributed by atoms with Crippen molar-refractivity contribution in [2.75, 3.05) is 89.3 Å². The normalized spacial score (nSPS) is 13.2. The summed E-state index contributed by atoms with van der Waals surface area (Å²) in [6.07, 6.45) is 8.44.